The van der Waals surface area contributed by atoms with Gasteiger partial charge in [-0.25, -0.2) is 0 Å². The van der Waals surface area contributed by atoms with Gasteiger partial charge in [-0.05, 0) is 61.7 Å². The Hall–Kier alpha value is -2.35. The van der Waals surface area contributed by atoms with Gasteiger partial charge in [0.05, 0.1) is 5.52 Å². The Kier molecular flexibility index (Phi) is 3.61. The largest absolute Gasteiger partial charge is 0.381 e. The zero-order chi connectivity index (χ0) is 14.8. The summed E-state index contributed by atoms with van der Waals surface area (Å²) in [5, 5.41) is 4.76. The molecule has 0 aliphatic rings. The highest BCUT2D eigenvalue weighted by molar-refractivity contribution is 5.82. The van der Waals surface area contributed by atoms with E-state index in [1.165, 1.54) is 27.8 Å². The minimum Gasteiger partial charge on any atom is -0.381 e. The molecule has 21 heavy (non-hydrogen) atoms. The van der Waals surface area contributed by atoms with Crippen LogP contribution in [0.25, 0.3) is 10.9 Å². The third-order valence-electron chi connectivity index (χ3n) is 3.63. The standard InChI is InChI=1S/C19H20N2/c1-13-8-14(2)10-17(9-13)20-12-16-11-15(3)21-19-7-5-4-6-18(16)19/h4-11,20H,12H2,1-3H3. The van der Waals surface area contributed by atoms with Crippen LogP contribution in [0, 0.1) is 20.8 Å². The van der Waals surface area contributed by atoms with Crippen LogP contribution in [0.2, 0.25) is 0 Å². The van der Waals surface area contributed by atoms with Crippen molar-refractivity contribution in [3.05, 3.63) is 70.9 Å². The van der Waals surface area contributed by atoms with Crippen molar-refractivity contribution in [1.29, 1.82) is 0 Å². The Morgan fingerprint density at radius 2 is 1.62 bits per heavy atom. The van der Waals surface area contributed by atoms with E-state index in [0.717, 1.165) is 17.8 Å². The van der Waals surface area contributed by atoms with Gasteiger partial charge in [-0.2, -0.15) is 0 Å². The smallest absolute Gasteiger partial charge is 0.0708 e. The quantitative estimate of drug-likeness (QED) is 0.745. The van der Waals surface area contributed by atoms with Crippen LogP contribution in [0.1, 0.15) is 22.4 Å². The number of fused-ring (bicyclic) bond motifs is 1. The molecule has 0 saturated heterocycles. The molecule has 2 aromatic carbocycles. The second-order valence-electron chi connectivity index (χ2n) is 5.67. The molecule has 0 unspecified atom stereocenters. The van der Waals surface area contributed by atoms with Gasteiger partial charge >= 0.3 is 0 Å². The molecule has 0 spiro atoms. The Bertz CT molecular complexity index is 770. The van der Waals surface area contributed by atoms with E-state index in [4.69, 9.17) is 0 Å². The first-order chi connectivity index (χ1) is 10.1. The fourth-order valence-corrected chi connectivity index (χ4v) is 2.82. The molecule has 3 aromatic rings. The van der Waals surface area contributed by atoms with Crippen molar-refractivity contribution < 1.29 is 0 Å². The molecule has 0 aliphatic heterocycles. The maximum atomic E-state index is 4.59. The summed E-state index contributed by atoms with van der Waals surface area (Å²) in [5.74, 6) is 0. The molecule has 0 fully saturated rings. The number of rotatable bonds is 3. The van der Waals surface area contributed by atoms with Crippen molar-refractivity contribution in [3.63, 3.8) is 0 Å². The summed E-state index contributed by atoms with van der Waals surface area (Å²) >= 11 is 0. The SMILES string of the molecule is Cc1cc(C)cc(NCc2cc(C)nc3ccccc23)c1. The Morgan fingerprint density at radius 3 is 2.38 bits per heavy atom. The molecule has 1 aromatic heterocycles. The molecular weight excluding hydrogens is 256 g/mol. The van der Waals surface area contributed by atoms with Crippen LogP contribution in [0.5, 0.6) is 0 Å². The third kappa shape index (κ3) is 3.05. The van der Waals surface area contributed by atoms with Crippen molar-refractivity contribution in [3.8, 4) is 0 Å². The summed E-state index contributed by atoms with van der Waals surface area (Å²) in [4.78, 5) is 4.59. The van der Waals surface area contributed by atoms with Crippen LogP contribution in [-0.4, -0.2) is 4.98 Å². The summed E-state index contributed by atoms with van der Waals surface area (Å²) in [6.45, 7) is 7.12. The van der Waals surface area contributed by atoms with Crippen LogP contribution in [-0.2, 0) is 6.54 Å². The molecule has 0 bridgehead atoms. The lowest BCUT2D eigenvalue weighted by Crippen LogP contribution is -2.02. The number of nitrogens with zero attached hydrogens (tertiary/aromatic N) is 1. The fraction of sp³-hybridized carbons (Fsp3) is 0.211. The number of anilines is 1. The Balaban J connectivity index is 1.91. The molecule has 1 heterocycles. The van der Waals surface area contributed by atoms with Gasteiger partial charge < -0.3 is 5.32 Å². The molecule has 2 nitrogen and oxygen atoms in total. The normalized spacial score (nSPS) is 10.8. The van der Waals surface area contributed by atoms with E-state index in [2.05, 4.69) is 66.6 Å². The summed E-state index contributed by atoms with van der Waals surface area (Å²) in [6.07, 6.45) is 0. The second-order valence-corrected chi connectivity index (χ2v) is 5.67. The second kappa shape index (κ2) is 5.57. The van der Waals surface area contributed by atoms with E-state index < -0.39 is 0 Å². The molecule has 0 aliphatic carbocycles. The van der Waals surface area contributed by atoms with Crippen LogP contribution in [0.3, 0.4) is 0 Å². The lowest BCUT2D eigenvalue weighted by molar-refractivity contribution is 1.13. The van der Waals surface area contributed by atoms with Gasteiger partial charge in [0.25, 0.3) is 0 Å². The summed E-state index contributed by atoms with van der Waals surface area (Å²) in [5.41, 5.74) is 7.16. The predicted molar refractivity (Wildman–Crippen MR) is 89.7 cm³/mol. The number of benzene rings is 2. The van der Waals surface area contributed by atoms with Gasteiger partial charge in [0, 0.05) is 23.3 Å². The van der Waals surface area contributed by atoms with Gasteiger partial charge in [0.2, 0.25) is 0 Å². The molecule has 0 radical (unpaired) electrons. The predicted octanol–water partition coefficient (Wildman–Crippen LogP) is 4.77. The van der Waals surface area contributed by atoms with Crippen molar-refractivity contribution in [1.82, 2.24) is 4.98 Å². The molecule has 2 heteroatoms. The topological polar surface area (TPSA) is 24.9 Å². The van der Waals surface area contributed by atoms with Crippen LogP contribution >= 0.6 is 0 Å². The molecule has 0 atom stereocenters. The zero-order valence-corrected chi connectivity index (χ0v) is 12.8. The first kappa shape index (κ1) is 13.6. The van der Waals surface area contributed by atoms with E-state index in [9.17, 15) is 0 Å². The third-order valence-corrected chi connectivity index (χ3v) is 3.63. The first-order valence-corrected chi connectivity index (χ1v) is 7.29. The van der Waals surface area contributed by atoms with Gasteiger partial charge in [-0.15, -0.1) is 0 Å². The maximum Gasteiger partial charge on any atom is 0.0708 e. The van der Waals surface area contributed by atoms with Crippen molar-refractivity contribution >= 4 is 16.6 Å². The average Bonchev–Trinajstić information content (AvgIpc) is 2.43. The van der Waals surface area contributed by atoms with E-state index in [1.54, 1.807) is 0 Å². The van der Waals surface area contributed by atoms with Crippen LogP contribution < -0.4 is 5.32 Å². The first-order valence-electron chi connectivity index (χ1n) is 7.29. The van der Waals surface area contributed by atoms with E-state index in [0.29, 0.717) is 0 Å². The number of pyridine rings is 1. The van der Waals surface area contributed by atoms with Gasteiger partial charge in [0.15, 0.2) is 0 Å². The maximum absolute atomic E-state index is 4.59. The van der Waals surface area contributed by atoms with Gasteiger partial charge in [0.1, 0.15) is 0 Å². The lowest BCUT2D eigenvalue weighted by atomic mass is 10.1. The monoisotopic (exact) mass is 276 g/mol. The number of hydrogen-bond acceptors (Lipinski definition) is 2. The van der Waals surface area contributed by atoms with Crippen molar-refractivity contribution in [2.75, 3.05) is 5.32 Å². The number of para-hydroxylation sites is 1. The highest BCUT2D eigenvalue weighted by atomic mass is 14.9. The number of aromatic nitrogens is 1. The minimum atomic E-state index is 0.812. The highest BCUT2D eigenvalue weighted by Gasteiger charge is 2.04. The molecule has 0 amide bonds. The minimum absolute atomic E-state index is 0.812. The van der Waals surface area contributed by atoms with E-state index in [-0.39, 0.29) is 0 Å². The summed E-state index contributed by atoms with van der Waals surface area (Å²) in [7, 11) is 0. The summed E-state index contributed by atoms with van der Waals surface area (Å²) in [6, 6.07) is 17.0. The Labute approximate surface area is 125 Å². The van der Waals surface area contributed by atoms with Crippen molar-refractivity contribution in [2.45, 2.75) is 27.3 Å². The molecular formula is C19H20N2. The highest BCUT2D eigenvalue weighted by Crippen LogP contribution is 2.20. The number of nitrogens with one attached hydrogen (secondary N) is 1. The van der Waals surface area contributed by atoms with E-state index in [1.807, 2.05) is 13.0 Å². The van der Waals surface area contributed by atoms with Gasteiger partial charge in [-0.1, -0.05) is 24.3 Å². The summed E-state index contributed by atoms with van der Waals surface area (Å²) < 4.78 is 0. The van der Waals surface area contributed by atoms with Crippen LogP contribution in [0.15, 0.2) is 48.5 Å². The molecule has 0 saturated carbocycles. The molecule has 3 rings (SSSR count). The fourth-order valence-electron chi connectivity index (χ4n) is 2.82. The Morgan fingerprint density at radius 1 is 0.905 bits per heavy atom. The number of hydrogen-bond donors (Lipinski definition) is 1. The van der Waals surface area contributed by atoms with Crippen LogP contribution in [0.4, 0.5) is 5.69 Å². The average molecular weight is 276 g/mol. The molecule has 1 N–H and O–H groups in total. The zero-order valence-electron chi connectivity index (χ0n) is 12.8. The number of aryl methyl sites for hydroxylation is 3. The molecule has 106 valence electrons. The van der Waals surface area contributed by atoms with Gasteiger partial charge in [-0.3, -0.25) is 4.98 Å². The van der Waals surface area contributed by atoms with Crippen molar-refractivity contribution in [2.24, 2.45) is 0 Å². The van der Waals surface area contributed by atoms with E-state index >= 15 is 0 Å². The lowest BCUT2D eigenvalue weighted by Gasteiger charge is -2.11.